The summed E-state index contributed by atoms with van der Waals surface area (Å²) in [6.45, 7) is 0.397. The third-order valence-electron chi connectivity index (χ3n) is 2.10. The first kappa shape index (κ1) is 13.4. The van der Waals surface area contributed by atoms with Gasteiger partial charge in [-0.15, -0.1) is 0 Å². The van der Waals surface area contributed by atoms with Crippen molar-refractivity contribution in [3.05, 3.63) is 42.0 Å². The van der Waals surface area contributed by atoms with E-state index in [0.29, 0.717) is 0 Å². The molecule has 0 aliphatic carbocycles. The van der Waals surface area contributed by atoms with Gasteiger partial charge >= 0.3 is 0 Å². The summed E-state index contributed by atoms with van der Waals surface area (Å²) in [5, 5.41) is 11.9. The van der Waals surface area contributed by atoms with E-state index in [0.717, 1.165) is 5.56 Å². The molecule has 2 N–H and O–H groups in total. The van der Waals surface area contributed by atoms with Crippen LogP contribution in [-0.4, -0.2) is 37.4 Å². The maximum absolute atomic E-state index is 11.4. The number of ether oxygens (including phenoxy) is 1. The van der Waals surface area contributed by atoms with Crippen LogP contribution >= 0.6 is 0 Å². The molecule has 1 atom stereocenters. The molecule has 0 aliphatic rings. The summed E-state index contributed by atoms with van der Waals surface area (Å²) >= 11 is 0. The van der Waals surface area contributed by atoms with E-state index in [1.807, 2.05) is 30.3 Å². The molecule has 4 nitrogen and oxygen atoms in total. The van der Waals surface area contributed by atoms with Crippen LogP contribution in [0, 0.1) is 0 Å². The summed E-state index contributed by atoms with van der Waals surface area (Å²) in [5.74, 6) is -0.232. The molecule has 0 heterocycles. The van der Waals surface area contributed by atoms with Crippen molar-refractivity contribution in [2.75, 3.05) is 20.3 Å². The minimum atomic E-state index is -0.672. The van der Waals surface area contributed by atoms with Crippen LogP contribution in [0.1, 0.15) is 5.56 Å². The number of methoxy groups -OCH3 is 1. The average molecular weight is 235 g/mol. The van der Waals surface area contributed by atoms with Gasteiger partial charge in [-0.05, 0) is 11.6 Å². The lowest BCUT2D eigenvalue weighted by Crippen LogP contribution is -2.33. The van der Waals surface area contributed by atoms with Crippen LogP contribution in [0.25, 0.3) is 6.08 Å². The highest BCUT2D eigenvalue weighted by Gasteiger charge is 2.03. The number of rotatable bonds is 6. The molecule has 1 aromatic carbocycles. The molecule has 1 unspecified atom stereocenters. The normalized spacial score (nSPS) is 12.6. The van der Waals surface area contributed by atoms with E-state index in [1.54, 1.807) is 6.08 Å². The van der Waals surface area contributed by atoms with Gasteiger partial charge in [-0.3, -0.25) is 4.79 Å². The number of aliphatic hydroxyl groups excluding tert-OH is 1. The number of carbonyl (C=O) groups is 1. The van der Waals surface area contributed by atoms with E-state index in [4.69, 9.17) is 4.74 Å². The SMILES string of the molecule is COCC(O)CNC(=O)C=Cc1ccccc1. The second-order valence-electron chi connectivity index (χ2n) is 3.60. The van der Waals surface area contributed by atoms with E-state index < -0.39 is 6.10 Å². The first-order valence-electron chi connectivity index (χ1n) is 5.40. The molecule has 1 aromatic rings. The highest BCUT2D eigenvalue weighted by molar-refractivity contribution is 5.91. The van der Waals surface area contributed by atoms with Crippen LogP contribution in [0.3, 0.4) is 0 Å². The van der Waals surface area contributed by atoms with Crippen molar-refractivity contribution >= 4 is 12.0 Å². The van der Waals surface area contributed by atoms with Crippen molar-refractivity contribution in [3.63, 3.8) is 0 Å². The lowest BCUT2D eigenvalue weighted by Gasteiger charge is -2.08. The van der Waals surface area contributed by atoms with Crippen LogP contribution < -0.4 is 5.32 Å². The molecule has 0 bridgehead atoms. The minimum absolute atomic E-state index is 0.186. The Morgan fingerprint density at radius 3 is 2.82 bits per heavy atom. The van der Waals surface area contributed by atoms with Crippen LogP contribution in [0.15, 0.2) is 36.4 Å². The summed E-state index contributed by atoms with van der Waals surface area (Å²) in [6.07, 6.45) is 2.49. The zero-order valence-corrected chi connectivity index (χ0v) is 9.80. The van der Waals surface area contributed by atoms with Crippen molar-refractivity contribution < 1.29 is 14.6 Å². The van der Waals surface area contributed by atoms with Crippen LogP contribution in [-0.2, 0) is 9.53 Å². The van der Waals surface area contributed by atoms with E-state index >= 15 is 0 Å². The summed E-state index contributed by atoms with van der Waals surface area (Å²) < 4.78 is 4.75. The molecule has 0 aromatic heterocycles. The third-order valence-corrected chi connectivity index (χ3v) is 2.10. The van der Waals surface area contributed by atoms with Gasteiger partial charge in [-0.25, -0.2) is 0 Å². The lowest BCUT2D eigenvalue weighted by molar-refractivity contribution is -0.117. The van der Waals surface area contributed by atoms with Crippen LogP contribution in [0.4, 0.5) is 0 Å². The second kappa shape index (κ2) is 7.60. The number of aliphatic hydroxyl groups is 1. The molecular formula is C13H17NO3. The Balaban J connectivity index is 2.32. The zero-order valence-electron chi connectivity index (χ0n) is 9.80. The van der Waals surface area contributed by atoms with Gasteiger partial charge in [-0.2, -0.15) is 0 Å². The molecule has 4 heteroatoms. The molecule has 0 saturated heterocycles. The number of hydrogen-bond donors (Lipinski definition) is 2. The highest BCUT2D eigenvalue weighted by Crippen LogP contribution is 2.00. The first-order chi connectivity index (χ1) is 8.22. The van der Waals surface area contributed by atoms with Gasteiger partial charge in [-0.1, -0.05) is 30.3 Å². The number of nitrogens with one attached hydrogen (secondary N) is 1. The molecule has 0 saturated carbocycles. The zero-order chi connectivity index (χ0) is 12.5. The molecule has 1 rings (SSSR count). The summed E-state index contributed by atoms with van der Waals surface area (Å²) in [5.41, 5.74) is 0.958. The van der Waals surface area contributed by atoms with Gasteiger partial charge in [0.25, 0.3) is 0 Å². The van der Waals surface area contributed by atoms with Crippen molar-refractivity contribution in [3.8, 4) is 0 Å². The molecule has 0 spiro atoms. The molecule has 0 fully saturated rings. The summed E-state index contributed by atoms with van der Waals surface area (Å²) in [4.78, 5) is 11.4. The Hall–Kier alpha value is -1.65. The van der Waals surface area contributed by atoms with Gasteiger partial charge in [0.2, 0.25) is 5.91 Å². The van der Waals surface area contributed by atoms with Crippen LogP contribution in [0.5, 0.6) is 0 Å². The van der Waals surface area contributed by atoms with Crippen LogP contribution in [0.2, 0.25) is 0 Å². The van der Waals surface area contributed by atoms with Crippen molar-refractivity contribution in [1.29, 1.82) is 0 Å². The predicted octanol–water partition coefficient (Wildman–Crippen LogP) is 0.823. The Morgan fingerprint density at radius 1 is 1.47 bits per heavy atom. The largest absolute Gasteiger partial charge is 0.389 e. The standard InChI is InChI=1S/C13H17NO3/c1-17-10-12(15)9-14-13(16)8-7-11-5-3-2-4-6-11/h2-8,12,15H,9-10H2,1H3,(H,14,16). The van der Waals surface area contributed by atoms with Gasteiger partial charge in [0, 0.05) is 19.7 Å². The topological polar surface area (TPSA) is 58.6 Å². The first-order valence-corrected chi connectivity index (χ1v) is 5.40. The van der Waals surface area contributed by atoms with Gasteiger partial charge in [0.1, 0.15) is 0 Å². The van der Waals surface area contributed by atoms with Crippen molar-refractivity contribution in [1.82, 2.24) is 5.32 Å². The smallest absolute Gasteiger partial charge is 0.244 e. The summed E-state index contributed by atoms with van der Waals surface area (Å²) in [7, 11) is 1.50. The number of benzene rings is 1. The molecular weight excluding hydrogens is 218 g/mol. The Kier molecular flexibility index (Phi) is 5.99. The Labute approximate surface area is 101 Å². The maximum atomic E-state index is 11.4. The fraction of sp³-hybridized carbons (Fsp3) is 0.308. The molecule has 0 aliphatic heterocycles. The number of hydrogen-bond acceptors (Lipinski definition) is 3. The van der Waals surface area contributed by atoms with E-state index in [-0.39, 0.29) is 19.1 Å². The molecule has 17 heavy (non-hydrogen) atoms. The van der Waals surface area contributed by atoms with Gasteiger partial charge in [0.15, 0.2) is 0 Å². The van der Waals surface area contributed by atoms with Crippen molar-refractivity contribution in [2.45, 2.75) is 6.10 Å². The molecule has 92 valence electrons. The highest BCUT2D eigenvalue weighted by atomic mass is 16.5. The fourth-order valence-electron chi connectivity index (χ4n) is 1.26. The monoisotopic (exact) mass is 235 g/mol. The molecule has 0 radical (unpaired) electrons. The van der Waals surface area contributed by atoms with Crippen molar-refractivity contribution in [2.24, 2.45) is 0 Å². The number of carbonyl (C=O) groups excluding carboxylic acids is 1. The van der Waals surface area contributed by atoms with Gasteiger partial charge < -0.3 is 15.2 Å². The minimum Gasteiger partial charge on any atom is -0.389 e. The second-order valence-corrected chi connectivity index (χ2v) is 3.60. The fourth-order valence-corrected chi connectivity index (χ4v) is 1.26. The average Bonchev–Trinajstić information content (AvgIpc) is 2.35. The van der Waals surface area contributed by atoms with E-state index in [2.05, 4.69) is 5.32 Å². The third kappa shape index (κ3) is 5.85. The van der Waals surface area contributed by atoms with Gasteiger partial charge in [0.05, 0.1) is 12.7 Å². The summed E-state index contributed by atoms with van der Waals surface area (Å²) in [6, 6.07) is 9.53. The number of amides is 1. The quantitative estimate of drug-likeness (QED) is 0.718. The Morgan fingerprint density at radius 2 is 2.18 bits per heavy atom. The van der Waals surface area contributed by atoms with E-state index in [1.165, 1.54) is 13.2 Å². The Bertz CT molecular complexity index is 362. The molecule has 1 amide bonds. The van der Waals surface area contributed by atoms with E-state index in [9.17, 15) is 9.90 Å². The lowest BCUT2D eigenvalue weighted by atomic mass is 10.2. The predicted molar refractivity (Wildman–Crippen MR) is 66.4 cm³/mol. The maximum Gasteiger partial charge on any atom is 0.244 e.